The first-order chi connectivity index (χ1) is 10.3. The maximum atomic E-state index is 12.4. The molecule has 0 amide bonds. The Kier molecular flexibility index (Phi) is 3.30. The van der Waals surface area contributed by atoms with E-state index in [1.807, 2.05) is 6.92 Å². The van der Waals surface area contributed by atoms with E-state index >= 15 is 0 Å². The van der Waals surface area contributed by atoms with Gasteiger partial charge in [-0.15, -0.1) is 6.58 Å². The fourth-order valence-electron chi connectivity index (χ4n) is 2.53. The Labute approximate surface area is 129 Å². The number of hydrogen-bond acceptors (Lipinski definition) is 3. The Bertz CT molecular complexity index is 917. The van der Waals surface area contributed by atoms with Crippen molar-refractivity contribution in [2.75, 3.05) is 0 Å². The van der Waals surface area contributed by atoms with Crippen molar-refractivity contribution >= 4 is 21.1 Å². The van der Waals surface area contributed by atoms with Crippen LogP contribution in [0.3, 0.4) is 0 Å². The van der Waals surface area contributed by atoms with Crippen molar-refractivity contribution in [1.82, 2.24) is 13.9 Å². The maximum absolute atomic E-state index is 12.4. The predicted molar refractivity (Wildman–Crippen MR) is 85.3 cm³/mol. The molecule has 0 unspecified atom stereocenters. The molecule has 0 atom stereocenters. The lowest BCUT2D eigenvalue weighted by Crippen LogP contribution is -2.34. The number of allylic oxidation sites excluding steroid dienone is 1. The molecule has 0 spiro atoms. The molecule has 118 valence electrons. The summed E-state index contributed by atoms with van der Waals surface area (Å²) in [6, 6.07) is 4.75. The second-order valence-corrected chi connectivity index (χ2v) is 7.74. The van der Waals surface area contributed by atoms with E-state index in [2.05, 4.69) is 11.3 Å². The number of benzene rings is 1. The van der Waals surface area contributed by atoms with Gasteiger partial charge >= 0.3 is 5.69 Å². The summed E-state index contributed by atoms with van der Waals surface area (Å²) in [5.74, 6) is 0. The number of hydrogen-bond donors (Lipinski definition) is 1. The van der Waals surface area contributed by atoms with Crippen LogP contribution in [0, 0.1) is 0 Å². The summed E-state index contributed by atoms with van der Waals surface area (Å²) in [5.41, 5.74) is 0.778. The molecule has 22 heavy (non-hydrogen) atoms. The molecule has 6 nitrogen and oxygen atoms in total. The second kappa shape index (κ2) is 4.82. The van der Waals surface area contributed by atoms with Crippen molar-refractivity contribution < 1.29 is 8.42 Å². The molecule has 0 aliphatic heterocycles. The van der Waals surface area contributed by atoms with Gasteiger partial charge < -0.3 is 0 Å². The van der Waals surface area contributed by atoms with Crippen LogP contribution in [-0.4, -0.2) is 23.1 Å². The van der Waals surface area contributed by atoms with Crippen molar-refractivity contribution in [3.8, 4) is 0 Å². The van der Waals surface area contributed by atoms with Crippen LogP contribution >= 0.6 is 0 Å². The van der Waals surface area contributed by atoms with Crippen LogP contribution in [-0.2, 0) is 23.6 Å². The molecular formula is C15H19N3O3S. The standard InChI is InChI=1S/C15H19N3O3S/c1-4-9-18-12-6-5-11(10-13(12)17(3)14(18)19)22(20,21)16-15(2)7-8-15/h4-6,10,16H,1,7-9H2,2-3H3. The third-order valence-corrected chi connectivity index (χ3v) is 5.76. The van der Waals surface area contributed by atoms with E-state index in [9.17, 15) is 13.2 Å². The molecule has 2 aromatic rings. The summed E-state index contributed by atoms with van der Waals surface area (Å²) in [4.78, 5) is 12.4. The van der Waals surface area contributed by atoms with E-state index in [1.54, 1.807) is 29.8 Å². The highest BCUT2D eigenvalue weighted by molar-refractivity contribution is 7.89. The molecule has 1 N–H and O–H groups in total. The van der Waals surface area contributed by atoms with Crippen molar-refractivity contribution in [2.24, 2.45) is 7.05 Å². The highest BCUT2D eigenvalue weighted by atomic mass is 32.2. The van der Waals surface area contributed by atoms with Crippen LogP contribution in [0.4, 0.5) is 0 Å². The van der Waals surface area contributed by atoms with E-state index in [0.29, 0.717) is 17.6 Å². The van der Waals surface area contributed by atoms with E-state index in [-0.39, 0.29) is 16.1 Å². The largest absolute Gasteiger partial charge is 0.329 e. The number of aryl methyl sites for hydroxylation is 1. The molecular weight excluding hydrogens is 302 g/mol. The zero-order chi connectivity index (χ0) is 16.1. The number of imidazole rings is 1. The fraction of sp³-hybridized carbons (Fsp3) is 0.400. The van der Waals surface area contributed by atoms with Crippen molar-refractivity contribution in [2.45, 2.75) is 36.7 Å². The molecule has 3 rings (SSSR count). The average Bonchev–Trinajstić information content (AvgIpc) is 3.13. The van der Waals surface area contributed by atoms with Crippen molar-refractivity contribution in [1.29, 1.82) is 0 Å². The lowest BCUT2D eigenvalue weighted by molar-refractivity contribution is 0.558. The normalized spacial score (nSPS) is 16.8. The quantitative estimate of drug-likeness (QED) is 0.845. The Morgan fingerprint density at radius 1 is 1.36 bits per heavy atom. The van der Waals surface area contributed by atoms with Gasteiger partial charge in [0.25, 0.3) is 0 Å². The first-order valence-corrected chi connectivity index (χ1v) is 8.60. The molecule has 1 aliphatic carbocycles. The van der Waals surface area contributed by atoms with E-state index in [4.69, 9.17) is 0 Å². The molecule has 1 aromatic carbocycles. The average molecular weight is 321 g/mol. The van der Waals surface area contributed by atoms with E-state index in [1.165, 1.54) is 10.6 Å². The predicted octanol–water partition coefficient (Wildman–Crippen LogP) is 1.36. The zero-order valence-corrected chi connectivity index (χ0v) is 13.5. The van der Waals surface area contributed by atoms with Gasteiger partial charge in [-0.05, 0) is 38.0 Å². The minimum Gasteiger partial charge on any atom is -0.295 e. The molecule has 7 heteroatoms. The Morgan fingerprint density at radius 3 is 2.64 bits per heavy atom. The third kappa shape index (κ3) is 2.40. The summed E-state index contributed by atoms with van der Waals surface area (Å²) in [7, 11) is -1.94. The molecule has 0 bridgehead atoms. The number of rotatable bonds is 5. The number of nitrogens with zero attached hydrogens (tertiary/aromatic N) is 2. The summed E-state index contributed by atoms with van der Waals surface area (Å²) >= 11 is 0. The van der Waals surface area contributed by atoms with Gasteiger partial charge in [0.1, 0.15) is 0 Å². The van der Waals surface area contributed by atoms with Gasteiger partial charge in [0.2, 0.25) is 10.0 Å². The summed E-state index contributed by atoms with van der Waals surface area (Å²) in [5, 5.41) is 0. The van der Waals surface area contributed by atoms with Crippen LogP contribution in [0.2, 0.25) is 0 Å². The Morgan fingerprint density at radius 2 is 2.05 bits per heavy atom. The topological polar surface area (TPSA) is 73.1 Å². The number of sulfonamides is 1. The number of nitrogens with one attached hydrogen (secondary N) is 1. The van der Waals surface area contributed by atoms with Gasteiger partial charge in [0.15, 0.2) is 0 Å². The van der Waals surface area contributed by atoms with Crippen LogP contribution in [0.25, 0.3) is 11.0 Å². The highest BCUT2D eigenvalue weighted by Gasteiger charge is 2.41. The molecule has 0 radical (unpaired) electrons. The monoisotopic (exact) mass is 321 g/mol. The van der Waals surface area contributed by atoms with Crippen LogP contribution < -0.4 is 10.4 Å². The van der Waals surface area contributed by atoms with Crippen molar-refractivity contribution in [3.63, 3.8) is 0 Å². The molecule has 1 aliphatic rings. The third-order valence-electron chi connectivity index (χ3n) is 4.12. The summed E-state index contributed by atoms with van der Waals surface area (Å²) < 4.78 is 30.6. The molecule has 1 saturated carbocycles. The summed E-state index contributed by atoms with van der Waals surface area (Å²) in [6.07, 6.45) is 3.34. The molecule has 1 aromatic heterocycles. The Balaban J connectivity index is 2.12. The Hall–Kier alpha value is -1.86. The highest BCUT2D eigenvalue weighted by Crippen LogP contribution is 2.36. The second-order valence-electron chi connectivity index (χ2n) is 6.06. The lowest BCUT2D eigenvalue weighted by atomic mass is 10.3. The molecule has 0 saturated heterocycles. The smallest absolute Gasteiger partial charge is 0.295 e. The van der Waals surface area contributed by atoms with Gasteiger partial charge in [-0.3, -0.25) is 9.13 Å². The zero-order valence-electron chi connectivity index (χ0n) is 12.7. The first kappa shape index (κ1) is 15.1. The SMILES string of the molecule is C=CCn1c(=O)n(C)c2cc(S(=O)(=O)NC3(C)CC3)ccc21. The van der Waals surface area contributed by atoms with Gasteiger partial charge in [0, 0.05) is 19.1 Å². The molecule has 1 fully saturated rings. The number of aromatic nitrogens is 2. The number of fused-ring (bicyclic) bond motifs is 1. The lowest BCUT2D eigenvalue weighted by Gasteiger charge is -2.12. The van der Waals surface area contributed by atoms with Crippen LogP contribution in [0.5, 0.6) is 0 Å². The van der Waals surface area contributed by atoms with Gasteiger partial charge in [-0.1, -0.05) is 6.08 Å². The van der Waals surface area contributed by atoms with Crippen LogP contribution in [0.1, 0.15) is 19.8 Å². The van der Waals surface area contributed by atoms with Crippen LogP contribution in [0.15, 0.2) is 40.5 Å². The van der Waals surface area contributed by atoms with Gasteiger partial charge in [-0.25, -0.2) is 17.9 Å². The summed E-state index contributed by atoms with van der Waals surface area (Å²) in [6.45, 7) is 5.92. The fourth-order valence-corrected chi connectivity index (χ4v) is 4.02. The van der Waals surface area contributed by atoms with Crippen molar-refractivity contribution in [3.05, 3.63) is 41.3 Å². The minimum absolute atomic E-state index is 0.180. The van der Waals surface area contributed by atoms with Gasteiger partial charge in [0.05, 0.1) is 15.9 Å². The maximum Gasteiger partial charge on any atom is 0.329 e. The minimum atomic E-state index is -3.57. The van der Waals surface area contributed by atoms with E-state index < -0.39 is 10.0 Å². The molecule has 1 heterocycles. The first-order valence-electron chi connectivity index (χ1n) is 7.12. The van der Waals surface area contributed by atoms with Gasteiger partial charge in [-0.2, -0.15) is 0 Å². The van der Waals surface area contributed by atoms with E-state index in [0.717, 1.165) is 12.8 Å².